The van der Waals surface area contributed by atoms with E-state index in [0.29, 0.717) is 17.5 Å². The minimum atomic E-state index is -0.0482. The Kier molecular flexibility index (Phi) is 7.48. The SMILES string of the molecule is CC1(C)c2ccccc2-c2c(-c3ccc(-c4nc(-c5cccc(-c6ccccc6)c5)nc(-c5ccccc5-c5ccccc5)n4)cc3)cccc21. The largest absolute Gasteiger partial charge is 0.208 e. The van der Waals surface area contributed by atoms with Crippen molar-refractivity contribution >= 4 is 0 Å². The monoisotopic (exact) mass is 653 g/mol. The third kappa shape index (κ3) is 5.44. The van der Waals surface area contributed by atoms with Crippen LogP contribution in [0.5, 0.6) is 0 Å². The Balaban J connectivity index is 1.18. The van der Waals surface area contributed by atoms with Crippen LogP contribution in [0.2, 0.25) is 0 Å². The summed E-state index contributed by atoms with van der Waals surface area (Å²) in [5, 5.41) is 0. The molecular formula is C48H35N3. The van der Waals surface area contributed by atoms with E-state index in [-0.39, 0.29) is 5.41 Å². The van der Waals surface area contributed by atoms with Crippen molar-refractivity contribution in [2.45, 2.75) is 19.3 Å². The van der Waals surface area contributed by atoms with Gasteiger partial charge in [-0.1, -0.05) is 184 Å². The van der Waals surface area contributed by atoms with Crippen LogP contribution in [0.25, 0.3) is 78.7 Å². The second kappa shape index (κ2) is 12.5. The summed E-state index contributed by atoms with van der Waals surface area (Å²) in [6.07, 6.45) is 0. The van der Waals surface area contributed by atoms with Crippen molar-refractivity contribution in [3.05, 3.63) is 187 Å². The van der Waals surface area contributed by atoms with Crippen LogP contribution in [0.3, 0.4) is 0 Å². The Hall–Kier alpha value is -6.45. The number of aromatic nitrogens is 3. The third-order valence-corrected chi connectivity index (χ3v) is 10.2. The van der Waals surface area contributed by atoms with Crippen molar-refractivity contribution in [1.82, 2.24) is 15.0 Å². The topological polar surface area (TPSA) is 38.7 Å². The molecule has 242 valence electrons. The molecule has 1 aliphatic rings. The van der Waals surface area contributed by atoms with Crippen LogP contribution in [0.1, 0.15) is 25.0 Å². The Morgan fingerprint density at radius 2 is 0.784 bits per heavy atom. The van der Waals surface area contributed by atoms with Crippen LogP contribution >= 0.6 is 0 Å². The summed E-state index contributed by atoms with van der Waals surface area (Å²) >= 11 is 0. The molecule has 0 amide bonds. The molecule has 0 radical (unpaired) electrons. The van der Waals surface area contributed by atoms with Crippen LogP contribution in [0.4, 0.5) is 0 Å². The predicted octanol–water partition coefficient (Wildman–Crippen LogP) is 12.2. The molecule has 1 aliphatic carbocycles. The second-order valence-corrected chi connectivity index (χ2v) is 13.6. The van der Waals surface area contributed by atoms with E-state index in [1.807, 2.05) is 18.2 Å². The van der Waals surface area contributed by atoms with E-state index in [0.717, 1.165) is 38.9 Å². The summed E-state index contributed by atoms with van der Waals surface area (Å²) < 4.78 is 0. The molecule has 0 N–H and O–H groups in total. The molecule has 8 aromatic rings. The molecule has 0 bridgehead atoms. The summed E-state index contributed by atoms with van der Waals surface area (Å²) in [6.45, 7) is 4.65. The average Bonchev–Trinajstić information content (AvgIpc) is 3.44. The van der Waals surface area contributed by atoms with Gasteiger partial charge in [-0.2, -0.15) is 0 Å². The minimum Gasteiger partial charge on any atom is -0.208 e. The van der Waals surface area contributed by atoms with Gasteiger partial charge in [0.25, 0.3) is 0 Å². The fourth-order valence-electron chi connectivity index (χ4n) is 7.56. The van der Waals surface area contributed by atoms with E-state index in [9.17, 15) is 0 Å². The highest BCUT2D eigenvalue weighted by atomic mass is 15.0. The number of nitrogens with zero attached hydrogens (tertiary/aromatic N) is 3. The summed E-state index contributed by atoms with van der Waals surface area (Å²) in [6, 6.07) is 61.9. The molecule has 7 aromatic carbocycles. The molecule has 0 fully saturated rings. The predicted molar refractivity (Wildman–Crippen MR) is 210 cm³/mol. The van der Waals surface area contributed by atoms with E-state index >= 15 is 0 Å². The normalized spacial score (nSPS) is 12.7. The van der Waals surface area contributed by atoms with Gasteiger partial charge in [0, 0.05) is 22.1 Å². The summed E-state index contributed by atoms with van der Waals surface area (Å²) in [5.41, 5.74) is 15.1. The zero-order valence-corrected chi connectivity index (χ0v) is 28.6. The lowest BCUT2D eigenvalue weighted by Crippen LogP contribution is -2.14. The quantitative estimate of drug-likeness (QED) is 0.179. The maximum absolute atomic E-state index is 5.15. The molecular weight excluding hydrogens is 619 g/mol. The highest BCUT2D eigenvalue weighted by molar-refractivity contribution is 5.93. The Labute approximate surface area is 299 Å². The van der Waals surface area contributed by atoms with Crippen molar-refractivity contribution in [3.8, 4) is 78.7 Å². The van der Waals surface area contributed by atoms with Crippen molar-refractivity contribution in [1.29, 1.82) is 0 Å². The maximum Gasteiger partial charge on any atom is 0.164 e. The van der Waals surface area contributed by atoms with Gasteiger partial charge in [-0.3, -0.25) is 0 Å². The van der Waals surface area contributed by atoms with Crippen LogP contribution < -0.4 is 0 Å². The fraction of sp³-hybridized carbons (Fsp3) is 0.0625. The van der Waals surface area contributed by atoms with E-state index in [4.69, 9.17) is 15.0 Å². The molecule has 0 saturated carbocycles. The lowest BCUT2D eigenvalue weighted by molar-refractivity contribution is 0.660. The average molecular weight is 654 g/mol. The molecule has 0 aliphatic heterocycles. The van der Waals surface area contributed by atoms with Gasteiger partial charge in [-0.25, -0.2) is 15.0 Å². The van der Waals surface area contributed by atoms with Gasteiger partial charge in [0.05, 0.1) is 0 Å². The van der Waals surface area contributed by atoms with E-state index in [2.05, 4.69) is 172 Å². The lowest BCUT2D eigenvalue weighted by Gasteiger charge is -2.21. The Morgan fingerprint density at radius 1 is 0.314 bits per heavy atom. The van der Waals surface area contributed by atoms with Crippen molar-refractivity contribution in [3.63, 3.8) is 0 Å². The fourth-order valence-corrected chi connectivity index (χ4v) is 7.56. The molecule has 0 saturated heterocycles. The van der Waals surface area contributed by atoms with Gasteiger partial charge < -0.3 is 0 Å². The van der Waals surface area contributed by atoms with Crippen LogP contribution in [-0.4, -0.2) is 15.0 Å². The third-order valence-electron chi connectivity index (χ3n) is 10.2. The zero-order valence-electron chi connectivity index (χ0n) is 28.6. The zero-order chi connectivity index (χ0) is 34.4. The Bertz CT molecular complexity index is 2530. The van der Waals surface area contributed by atoms with E-state index < -0.39 is 0 Å². The van der Waals surface area contributed by atoms with Gasteiger partial charge in [-0.05, 0) is 61.7 Å². The van der Waals surface area contributed by atoms with Crippen LogP contribution in [0.15, 0.2) is 176 Å². The van der Waals surface area contributed by atoms with Crippen molar-refractivity contribution < 1.29 is 0 Å². The van der Waals surface area contributed by atoms with E-state index in [1.54, 1.807) is 0 Å². The van der Waals surface area contributed by atoms with Crippen molar-refractivity contribution in [2.75, 3.05) is 0 Å². The second-order valence-electron chi connectivity index (χ2n) is 13.6. The van der Waals surface area contributed by atoms with Gasteiger partial charge in [-0.15, -0.1) is 0 Å². The first-order valence-corrected chi connectivity index (χ1v) is 17.5. The number of fused-ring (bicyclic) bond motifs is 3. The molecule has 9 rings (SSSR count). The van der Waals surface area contributed by atoms with Crippen LogP contribution in [-0.2, 0) is 5.41 Å². The molecule has 3 nitrogen and oxygen atoms in total. The first-order valence-electron chi connectivity index (χ1n) is 17.5. The number of benzene rings is 7. The molecule has 0 atom stereocenters. The number of hydrogen-bond donors (Lipinski definition) is 0. The standard InChI is InChI=1S/C48H35N3/c1-48(2)42-25-12-11-23-41(42)44-39(24-14-26-43(44)48)34-27-29-35(30-28-34)45-49-46(37-20-13-19-36(31-37)32-15-5-3-6-16-32)51-47(50-45)40-22-10-9-21-38(40)33-17-7-4-8-18-33/h3-31H,1-2H3. The first-order chi connectivity index (χ1) is 25.0. The van der Waals surface area contributed by atoms with Gasteiger partial charge in [0.2, 0.25) is 0 Å². The molecule has 51 heavy (non-hydrogen) atoms. The van der Waals surface area contributed by atoms with E-state index in [1.165, 1.54) is 33.4 Å². The molecule has 1 heterocycles. The number of rotatable bonds is 6. The molecule has 3 heteroatoms. The maximum atomic E-state index is 5.15. The molecule has 0 unspecified atom stereocenters. The minimum absolute atomic E-state index is 0.0482. The van der Waals surface area contributed by atoms with Crippen molar-refractivity contribution in [2.24, 2.45) is 0 Å². The summed E-state index contributed by atoms with van der Waals surface area (Å²) in [5.74, 6) is 1.92. The highest BCUT2D eigenvalue weighted by Gasteiger charge is 2.36. The van der Waals surface area contributed by atoms with Gasteiger partial charge in [0.1, 0.15) is 0 Å². The first kappa shape index (κ1) is 30.6. The van der Waals surface area contributed by atoms with Gasteiger partial charge >= 0.3 is 0 Å². The van der Waals surface area contributed by atoms with Crippen LogP contribution in [0, 0.1) is 0 Å². The molecule has 1 aromatic heterocycles. The highest BCUT2D eigenvalue weighted by Crippen LogP contribution is 2.52. The van der Waals surface area contributed by atoms with Gasteiger partial charge in [0.15, 0.2) is 17.5 Å². The smallest absolute Gasteiger partial charge is 0.164 e. The number of hydrogen-bond acceptors (Lipinski definition) is 3. The summed E-state index contributed by atoms with van der Waals surface area (Å²) in [7, 11) is 0. The lowest BCUT2D eigenvalue weighted by atomic mass is 9.82. The molecule has 0 spiro atoms. The Morgan fingerprint density at radius 3 is 1.53 bits per heavy atom. The summed E-state index contributed by atoms with van der Waals surface area (Å²) in [4.78, 5) is 15.4.